The summed E-state index contributed by atoms with van der Waals surface area (Å²) in [5.74, 6) is 14.3. The summed E-state index contributed by atoms with van der Waals surface area (Å²) < 4.78 is 11.3. The summed E-state index contributed by atoms with van der Waals surface area (Å²) >= 11 is 0. The Hall–Kier alpha value is -2.14. The minimum Gasteiger partial charge on any atom is -0.481 e. The van der Waals surface area contributed by atoms with E-state index in [9.17, 15) is 0 Å². The van der Waals surface area contributed by atoms with E-state index in [1.165, 1.54) is 0 Å². The fourth-order valence-electron chi connectivity index (χ4n) is 3.19. The van der Waals surface area contributed by atoms with Gasteiger partial charge in [0.25, 0.3) is 0 Å². The van der Waals surface area contributed by atoms with Crippen molar-refractivity contribution in [3.8, 4) is 35.2 Å². The van der Waals surface area contributed by atoms with Crippen LogP contribution in [0.1, 0.15) is 13.8 Å². The van der Waals surface area contributed by atoms with Gasteiger partial charge in [-0.25, -0.2) is 0 Å². The first-order chi connectivity index (χ1) is 11.7. The molecular weight excluding hydrogens is 300 g/mol. The van der Waals surface area contributed by atoms with Crippen LogP contribution in [0.5, 0.6) is 11.5 Å². The van der Waals surface area contributed by atoms with Crippen molar-refractivity contribution in [3.05, 3.63) is 24.3 Å². The Bertz CT molecular complexity index is 651. The molecule has 5 aliphatic heterocycles. The maximum Gasteiger partial charge on any atom is 0.149 e. The van der Waals surface area contributed by atoms with E-state index in [0.29, 0.717) is 25.3 Å². The van der Waals surface area contributed by atoms with Crippen LogP contribution < -0.4 is 9.47 Å². The van der Waals surface area contributed by atoms with E-state index in [4.69, 9.17) is 9.47 Å². The van der Waals surface area contributed by atoms with E-state index in [1.54, 1.807) is 0 Å². The third-order valence-electron chi connectivity index (χ3n) is 4.44. The average molecular weight is 324 g/mol. The second kappa shape index (κ2) is 8.11. The van der Waals surface area contributed by atoms with Crippen LogP contribution in [0, 0.1) is 23.7 Å². The molecule has 24 heavy (non-hydrogen) atoms. The Labute approximate surface area is 144 Å². The van der Waals surface area contributed by atoms with Crippen molar-refractivity contribution in [2.24, 2.45) is 0 Å². The number of nitrogens with zero attached hydrogens (tertiary/aromatic N) is 2. The van der Waals surface area contributed by atoms with Gasteiger partial charge >= 0.3 is 0 Å². The van der Waals surface area contributed by atoms with Crippen molar-refractivity contribution < 1.29 is 9.47 Å². The predicted molar refractivity (Wildman–Crippen MR) is 95.1 cm³/mol. The Morgan fingerprint density at radius 1 is 0.792 bits per heavy atom. The van der Waals surface area contributed by atoms with Crippen molar-refractivity contribution in [1.29, 1.82) is 0 Å². The molecule has 0 spiro atoms. The second-order valence-corrected chi connectivity index (χ2v) is 6.32. The molecule has 0 saturated carbocycles. The van der Waals surface area contributed by atoms with E-state index < -0.39 is 0 Å². The molecule has 4 heteroatoms. The van der Waals surface area contributed by atoms with Crippen molar-refractivity contribution in [1.82, 2.24) is 9.80 Å². The summed E-state index contributed by atoms with van der Waals surface area (Å²) in [5.41, 5.74) is 0. The lowest BCUT2D eigenvalue weighted by molar-refractivity contribution is 0.0574. The van der Waals surface area contributed by atoms with Gasteiger partial charge in [0.1, 0.15) is 24.7 Å². The topological polar surface area (TPSA) is 24.9 Å². The fourth-order valence-corrected chi connectivity index (χ4v) is 3.19. The van der Waals surface area contributed by atoms with E-state index in [2.05, 4.69) is 47.3 Å². The molecule has 2 atom stereocenters. The minimum atomic E-state index is 0.411. The number of hydrogen-bond acceptors (Lipinski definition) is 4. The summed E-state index contributed by atoms with van der Waals surface area (Å²) in [6.07, 6.45) is 0. The highest BCUT2D eigenvalue weighted by atomic mass is 16.5. The monoisotopic (exact) mass is 324 g/mol. The van der Waals surface area contributed by atoms with Gasteiger partial charge in [0.15, 0.2) is 0 Å². The van der Waals surface area contributed by atoms with Crippen LogP contribution in [-0.2, 0) is 0 Å². The van der Waals surface area contributed by atoms with Crippen LogP contribution in [-0.4, -0.2) is 61.3 Å². The molecule has 6 rings (SSSR count). The quantitative estimate of drug-likeness (QED) is 0.680. The van der Waals surface area contributed by atoms with E-state index >= 15 is 0 Å². The molecule has 1 aromatic rings. The van der Waals surface area contributed by atoms with Gasteiger partial charge in [-0.05, 0) is 38.1 Å². The second-order valence-electron chi connectivity index (χ2n) is 6.32. The summed E-state index contributed by atoms with van der Waals surface area (Å²) in [7, 11) is 0. The molecule has 2 unspecified atom stereocenters. The predicted octanol–water partition coefficient (Wildman–Crippen LogP) is 1.86. The maximum atomic E-state index is 5.65. The highest BCUT2D eigenvalue weighted by Gasteiger charge is 2.28. The molecule has 4 bridgehead atoms. The molecule has 0 radical (unpaired) electrons. The Balaban J connectivity index is 1.73. The third kappa shape index (κ3) is 4.45. The summed E-state index contributed by atoms with van der Waals surface area (Å²) in [5, 5.41) is 0. The summed E-state index contributed by atoms with van der Waals surface area (Å²) in [6, 6.07) is 8.55. The molecule has 126 valence electrons. The Kier molecular flexibility index (Phi) is 5.64. The summed E-state index contributed by atoms with van der Waals surface area (Å²) in [6.45, 7) is 8.98. The van der Waals surface area contributed by atoms with Crippen LogP contribution in [0.3, 0.4) is 0 Å². The van der Waals surface area contributed by atoms with Crippen LogP contribution in [0.25, 0.3) is 0 Å². The molecule has 5 heterocycles. The standard InChI is InChI=1S/C20H24N2O2/c1-17-15-21-11-3-5-13-23-19-7-9-20(10-8-19)24-14-6-4-12-22(17)18(2)16-21/h7-10,17-18H,11-16H2,1-2H3. The first-order valence-electron chi connectivity index (χ1n) is 8.47. The Morgan fingerprint density at radius 2 is 1.29 bits per heavy atom. The zero-order chi connectivity index (χ0) is 16.8. The van der Waals surface area contributed by atoms with Crippen LogP contribution in [0.4, 0.5) is 0 Å². The maximum absolute atomic E-state index is 5.65. The molecular formula is C20H24N2O2. The van der Waals surface area contributed by atoms with Crippen molar-refractivity contribution in [2.45, 2.75) is 25.9 Å². The normalized spacial score (nSPS) is 29.8. The van der Waals surface area contributed by atoms with Crippen molar-refractivity contribution in [2.75, 3.05) is 39.4 Å². The third-order valence-corrected chi connectivity index (χ3v) is 4.44. The SMILES string of the molecule is CC1CN2CC#CCOc3ccc(cc3)OCC#CCN1C(C)C2. The number of hydrogen-bond donors (Lipinski definition) is 0. The molecule has 1 fully saturated rings. The lowest BCUT2D eigenvalue weighted by Crippen LogP contribution is -2.56. The highest BCUT2D eigenvalue weighted by molar-refractivity contribution is 5.31. The van der Waals surface area contributed by atoms with Crippen molar-refractivity contribution in [3.63, 3.8) is 0 Å². The molecule has 0 aliphatic carbocycles. The van der Waals surface area contributed by atoms with E-state index in [0.717, 1.165) is 37.7 Å². The van der Waals surface area contributed by atoms with Gasteiger partial charge in [-0.1, -0.05) is 23.7 Å². The lowest BCUT2D eigenvalue weighted by Gasteiger charge is -2.43. The van der Waals surface area contributed by atoms with Crippen LogP contribution >= 0.6 is 0 Å². The number of benzene rings is 1. The van der Waals surface area contributed by atoms with Gasteiger partial charge in [-0.3, -0.25) is 9.80 Å². The molecule has 0 aromatic heterocycles. The van der Waals surface area contributed by atoms with E-state index in [1.807, 2.05) is 24.3 Å². The molecule has 4 nitrogen and oxygen atoms in total. The fraction of sp³-hybridized carbons (Fsp3) is 0.500. The first kappa shape index (κ1) is 16.7. The zero-order valence-corrected chi connectivity index (χ0v) is 14.4. The van der Waals surface area contributed by atoms with Gasteiger partial charge in [0.05, 0.1) is 13.1 Å². The highest BCUT2D eigenvalue weighted by Crippen LogP contribution is 2.17. The number of ether oxygens (including phenoxy) is 2. The molecule has 5 aliphatic rings. The van der Waals surface area contributed by atoms with E-state index in [-0.39, 0.29) is 0 Å². The average Bonchev–Trinajstić information content (AvgIpc) is 2.57. The number of piperazine rings is 1. The van der Waals surface area contributed by atoms with Gasteiger partial charge < -0.3 is 9.47 Å². The van der Waals surface area contributed by atoms with Gasteiger partial charge in [0.2, 0.25) is 0 Å². The molecule has 1 aromatic carbocycles. The van der Waals surface area contributed by atoms with Gasteiger partial charge in [-0.15, -0.1) is 0 Å². The first-order valence-corrected chi connectivity index (χ1v) is 8.47. The van der Waals surface area contributed by atoms with Gasteiger partial charge in [-0.2, -0.15) is 0 Å². The molecule has 0 amide bonds. The summed E-state index contributed by atoms with van der Waals surface area (Å²) in [4.78, 5) is 4.87. The van der Waals surface area contributed by atoms with Crippen molar-refractivity contribution >= 4 is 0 Å². The largest absolute Gasteiger partial charge is 0.481 e. The zero-order valence-electron chi connectivity index (χ0n) is 14.4. The van der Waals surface area contributed by atoms with Gasteiger partial charge in [0, 0.05) is 25.2 Å². The molecule has 0 N–H and O–H groups in total. The Morgan fingerprint density at radius 3 is 1.83 bits per heavy atom. The minimum absolute atomic E-state index is 0.411. The molecule has 1 saturated heterocycles. The number of rotatable bonds is 0. The lowest BCUT2D eigenvalue weighted by atomic mass is 10.1. The van der Waals surface area contributed by atoms with Crippen LogP contribution in [0.2, 0.25) is 0 Å². The van der Waals surface area contributed by atoms with Crippen LogP contribution in [0.15, 0.2) is 24.3 Å². The smallest absolute Gasteiger partial charge is 0.149 e.